The van der Waals surface area contributed by atoms with Gasteiger partial charge in [-0.2, -0.15) is 0 Å². The van der Waals surface area contributed by atoms with Crippen molar-refractivity contribution in [2.75, 3.05) is 0 Å². The molecule has 0 fully saturated rings. The molecule has 2 aromatic carbocycles. The number of hydrogen-bond acceptors (Lipinski definition) is 4. The van der Waals surface area contributed by atoms with E-state index in [2.05, 4.69) is 9.97 Å². The van der Waals surface area contributed by atoms with Crippen LogP contribution in [0.25, 0.3) is 21.9 Å². The summed E-state index contributed by atoms with van der Waals surface area (Å²) in [6.07, 6.45) is 4.53. The minimum Gasteiger partial charge on any atom is -0.374 e. The van der Waals surface area contributed by atoms with Crippen molar-refractivity contribution in [3.8, 4) is 11.1 Å². The molecule has 28 heavy (non-hydrogen) atoms. The van der Waals surface area contributed by atoms with E-state index in [1.54, 1.807) is 30.6 Å². The summed E-state index contributed by atoms with van der Waals surface area (Å²) in [5, 5.41) is 12.6. The minimum atomic E-state index is -0.754. The van der Waals surface area contributed by atoms with Crippen LogP contribution in [0.4, 0.5) is 4.39 Å². The molecule has 1 unspecified atom stereocenters. The molecule has 1 aliphatic heterocycles. The van der Waals surface area contributed by atoms with E-state index in [1.165, 1.54) is 0 Å². The first kappa shape index (κ1) is 17.0. The molecule has 138 valence electrons. The standard InChI is InChI=1S/C23H18FN3O/c24-21-11-17(16-4-3-15-7-9-25-12-19(15)10-16)5-6-18(21)13-27-14-22-20(23(27)28)2-1-8-26-22/h1-12,23,28H,13-14H2. The molecule has 0 amide bonds. The van der Waals surface area contributed by atoms with Crippen LogP contribution in [0.3, 0.4) is 0 Å². The summed E-state index contributed by atoms with van der Waals surface area (Å²) in [7, 11) is 0. The zero-order chi connectivity index (χ0) is 19.1. The van der Waals surface area contributed by atoms with Crippen molar-refractivity contribution in [2.45, 2.75) is 19.3 Å². The molecule has 0 bridgehead atoms. The molecule has 0 saturated carbocycles. The van der Waals surface area contributed by atoms with Gasteiger partial charge in [-0.1, -0.05) is 30.3 Å². The van der Waals surface area contributed by atoms with Crippen molar-refractivity contribution in [1.82, 2.24) is 14.9 Å². The number of rotatable bonds is 3. The molecule has 5 rings (SSSR count). The second-order valence-electron chi connectivity index (χ2n) is 7.06. The summed E-state index contributed by atoms with van der Waals surface area (Å²) in [5.74, 6) is -0.278. The Hall–Kier alpha value is -3.15. The summed E-state index contributed by atoms with van der Waals surface area (Å²) in [4.78, 5) is 10.3. The lowest BCUT2D eigenvalue weighted by Gasteiger charge is -2.20. The molecule has 2 aromatic heterocycles. The molecule has 1 aliphatic rings. The van der Waals surface area contributed by atoms with Crippen LogP contribution in [0.15, 0.2) is 73.2 Å². The van der Waals surface area contributed by atoms with Gasteiger partial charge >= 0.3 is 0 Å². The van der Waals surface area contributed by atoms with Gasteiger partial charge in [0.15, 0.2) is 0 Å². The first-order chi connectivity index (χ1) is 13.7. The van der Waals surface area contributed by atoms with Crippen LogP contribution >= 0.6 is 0 Å². The molecule has 4 nitrogen and oxygen atoms in total. The number of hydrogen-bond donors (Lipinski definition) is 1. The lowest BCUT2D eigenvalue weighted by atomic mass is 10.0. The fourth-order valence-electron chi connectivity index (χ4n) is 3.77. The highest BCUT2D eigenvalue weighted by atomic mass is 19.1. The maximum Gasteiger partial charge on any atom is 0.136 e. The molecule has 0 aliphatic carbocycles. The Kier molecular flexibility index (Phi) is 4.11. The number of fused-ring (bicyclic) bond motifs is 2. The van der Waals surface area contributed by atoms with Gasteiger partial charge in [0.25, 0.3) is 0 Å². The van der Waals surface area contributed by atoms with E-state index in [4.69, 9.17) is 0 Å². The highest BCUT2D eigenvalue weighted by molar-refractivity contribution is 5.86. The van der Waals surface area contributed by atoms with E-state index >= 15 is 0 Å². The van der Waals surface area contributed by atoms with Gasteiger partial charge in [-0.15, -0.1) is 0 Å². The Bertz CT molecular complexity index is 1180. The van der Waals surface area contributed by atoms with E-state index in [-0.39, 0.29) is 5.82 Å². The van der Waals surface area contributed by atoms with Crippen LogP contribution in [-0.2, 0) is 13.1 Å². The molecule has 1 N–H and O–H groups in total. The minimum absolute atomic E-state index is 0.278. The summed E-state index contributed by atoms with van der Waals surface area (Å²) >= 11 is 0. The predicted molar refractivity (Wildman–Crippen MR) is 106 cm³/mol. The molecule has 0 radical (unpaired) electrons. The fourth-order valence-corrected chi connectivity index (χ4v) is 3.77. The second-order valence-corrected chi connectivity index (χ2v) is 7.06. The fraction of sp³-hybridized carbons (Fsp3) is 0.130. The second kappa shape index (κ2) is 6.78. The van der Waals surface area contributed by atoms with Crippen LogP contribution in [-0.4, -0.2) is 20.0 Å². The number of halogens is 1. The van der Waals surface area contributed by atoms with Gasteiger partial charge in [0.2, 0.25) is 0 Å². The highest BCUT2D eigenvalue weighted by Gasteiger charge is 2.29. The Morgan fingerprint density at radius 3 is 2.71 bits per heavy atom. The lowest BCUT2D eigenvalue weighted by molar-refractivity contribution is 0.00695. The monoisotopic (exact) mass is 371 g/mol. The van der Waals surface area contributed by atoms with Crippen molar-refractivity contribution in [3.63, 3.8) is 0 Å². The Labute approximate surface area is 161 Å². The van der Waals surface area contributed by atoms with Crippen molar-refractivity contribution in [3.05, 3.63) is 95.8 Å². The van der Waals surface area contributed by atoms with Gasteiger partial charge in [0, 0.05) is 48.2 Å². The van der Waals surface area contributed by atoms with Crippen LogP contribution in [0.1, 0.15) is 23.0 Å². The zero-order valence-electron chi connectivity index (χ0n) is 15.1. The van der Waals surface area contributed by atoms with Gasteiger partial charge in [-0.3, -0.25) is 14.9 Å². The van der Waals surface area contributed by atoms with Gasteiger partial charge in [0.1, 0.15) is 12.0 Å². The number of aliphatic hydroxyl groups excluding tert-OH is 1. The maximum absolute atomic E-state index is 14.8. The molecule has 0 saturated heterocycles. The quantitative estimate of drug-likeness (QED) is 0.578. The van der Waals surface area contributed by atoms with Gasteiger partial charge < -0.3 is 5.11 Å². The van der Waals surface area contributed by atoms with E-state index < -0.39 is 6.23 Å². The average molecular weight is 371 g/mol. The van der Waals surface area contributed by atoms with Crippen LogP contribution in [0, 0.1) is 5.82 Å². The van der Waals surface area contributed by atoms with Crippen LogP contribution in [0.5, 0.6) is 0 Å². The van der Waals surface area contributed by atoms with Crippen LogP contribution in [0.2, 0.25) is 0 Å². The first-order valence-electron chi connectivity index (χ1n) is 9.17. The normalized spacial score (nSPS) is 16.4. The topological polar surface area (TPSA) is 49.3 Å². The van der Waals surface area contributed by atoms with Crippen molar-refractivity contribution < 1.29 is 9.50 Å². The summed E-state index contributed by atoms with van der Waals surface area (Å²) in [6, 6.07) is 16.9. The van der Waals surface area contributed by atoms with E-state index in [0.29, 0.717) is 18.7 Å². The number of nitrogens with zero attached hydrogens (tertiary/aromatic N) is 3. The molecular weight excluding hydrogens is 353 g/mol. The summed E-state index contributed by atoms with van der Waals surface area (Å²) < 4.78 is 14.8. The van der Waals surface area contributed by atoms with Crippen LogP contribution < -0.4 is 0 Å². The lowest BCUT2D eigenvalue weighted by Crippen LogP contribution is -2.22. The molecule has 0 spiro atoms. The predicted octanol–water partition coefficient (Wildman–Crippen LogP) is 4.44. The van der Waals surface area contributed by atoms with Crippen molar-refractivity contribution in [1.29, 1.82) is 0 Å². The van der Waals surface area contributed by atoms with Crippen molar-refractivity contribution in [2.24, 2.45) is 0 Å². The Morgan fingerprint density at radius 1 is 1.00 bits per heavy atom. The van der Waals surface area contributed by atoms with Gasteiger partial charge in [-0.25, -0.2) is 4.39 Å². The number of pyridine rings is 2. The number of benzene rings is 2. The third-order valence-corrected chi connectivity index (χ3v) is 5.30. The highest BCUT2D eigenvalue weighted by Crippen LogP contribution is 2.32. The summed E-state index contributed by atoms with van der Waals surface area (Å²) in [5.41, 5.74) is 3.96. The first-order valence-corrected chi connectivity index (χ1v) is 9.17. The molecule has 3 heterocycles. The van der Waals surface area contributed by atoms with Gasteiger partial charge in [-0.05, 0) is 40.8 Å². The SMILES string of the molecule is OC1c2cccnc2CN1Cc1ccc(-c2ccc3ccncc3c2)cc1F. The van der Waals surface area contributed by atoms with E-state index in [0.717, 1.165) is 33.2 Å². The molecule has 1 atom stereocenters. The molecule has 5 heteroatoms. The maximum atomic E-state index is 14.8. The third kappa shape index (κ3) is 2.95. The largest absolute Gasteiger partial charge is 0.374 e. The average Bonchev–Trinajstić information content (AvgIpc) is 3.05. The smallest absolute Gasteiger partial charge is 0.136 e. The molecular formula is C23H18FN3O. The summed E-state index contributed by atoms with van der Waals surface area (Å²) in [6.45, 7) is 0.835. The van der Waals surface area contributed by atoms with Crippen molar-refractivity contribution >= 4 is 10.8 Å². The van der Waals surface area contributed by atoms with E-state index in [9.17, 15) is 9.50 Å². The van der Waals surface area contributed by atoms with Gasteiger partial charge in [0.05, 0.1) is 5.69 Å². The number of aliphatic hydroxyl groups is 1. The Morgan fingerprint density at radius 2 is 1.86 bits per heavy atom. The number of aromatic nitrogens is 2. The van der Waals surface area contributed by atoms with E-state index in [1.807, 2.05) is 47.5 Å². The molecule has 4 aromatic rings. The third-order valence-electron chi connectivity index (χ3n) is 5.30. The Balaban J connectivity index is 1.41. The zero-order valence-corrected chi connectivity index (χ0v) is 15.1.